The highest BCUT2D eigenvalue weighted by Gasteiger charge is 2.27. The van der Waals surface area contributed by atoms with E-state index < -0.39 is 5.95 Å². The molecule has 0 aliphatic carbocycles. The molecule has 112 valence electrons. The molecule has 0 fully saturated rings. The zero-order valence-electron chi connectivity index (χ0n) is 12.4. The third kappa shape index (κ3) is 4.11. The number of halogens is 1. The fourth-order valence-corrected chi connectivity index (χ4v) is 1.89. The summed E-state index contributed by atoms with van der Waals surface area (Å²) in [7, 11) is 0. The Bertz CT molecular complexity index is 587. The molecular formula is C15H19FN4O. The van der Waals surface area contributed by atoms with Crippen LogP contribution in [0.2, 0.25) is 0 Å². The lowest BCUT2D eigenvalue weighted by Gasteiger charge is -2.31. The van der Waals surface area contributed by atoms with Gasteiger partial charge in [0, 0.05) is 25.1 Å². The lowest BCUT2D eigenvalue weighted by atomic mass is 9.86. The summed E-state index contributed by atoms with van der Waals surface area (Å²) in [5.41, 5.74) is 0.212. The maximum absolute atomic E-state index is 12.8. The molecule has 0 bridgehead atoms. The van der Waals surface area contributed by atoms with Gasteiger partial charge in [0.25, 0.3) is 5.91 Å². The van der Waals surface area contributed by atoms with Crippen LogP contribution in [-0.2, 0) is 6.54 Å². The number of hydrogen-bond acceptors (Lipinski definition) is 3. The van der Waals surface area contributed by atoms with E-state index in [4.69, 9.17) is 0 Å². The van der Waals surface area contributed by atoms with Gasteiger partial charge in [-0.15, -0.1) is 0 Å². The van der Waals surface area contributed by atoms with Crippen LogP contribution in [0.5, 0.6) is 0 Å². The molecule has 0 aliphatic heterocycles. The van der Waals surface area contributed by atoms with Crippen molar-refractivity contribution in [2.45, 2.75) is 33.4 Å². The molecule has 0 saturated heterocycles. The van der Waals surface area contributed by atoms with Crippen molar-refractivity contribution < 1.29 is 9.18 Å². The first-order chi connectivity index (χ1) is 9.86. The van der Waals surface area contributed by atoms with E-state index >= 15 is 0 Å². The van der Waals surface area contributed by atoms with Crippen LogP contribution in [0.3, 0.4) is 0 Å². The fraction of sp³-hybridized carbons (Fsp3) is 0.400. The van der Waals surface area contributed by atoms with Gasteiger partial charge in [-0.3, -0.25) is 4.79 Å². The smallest absolute Gasteiger partial charge is 0.253 e. The van der Waals surface area contributed by atoms with Gasteiger partial charge in [0.1, 0.15) is 0 Å². The molecule has 21 heavy (non-hydrogen) atoms. The number of nitrogens with zero attached hydrogens (tertiary/aromatic N) is 3. The van der Waals surface area contributed by atoms with E-state index in [1.807, 2.05) is 10.8 Å². The molecule has 0 aromatic carbocycles. The van der Waals surface area contributed by atoms with E-state index in [0.29, 0.717) is 12.1 Å². The fourth-order valence-electron chi connectivity index (χ4n) is 1.89. The Morgan fingerprint density at radius 1 is 1.43 bits per heavy atom. The van der Waals surface area contributed by atoms with Crippen LogP contribution in [0.4, 0.5) is 4.39 Å². The first-order valence-corrected chi connectivity index (χ1v) is 6.74. The van der Waals surface area contributed by atoms with Crippen LogP contribution in [0.1, 0.15) is 31.1 Å². The maximum atomic E-state index is 12.8. The van der Waals surface area contributed by atoms with E-state index in [-0.39, 0.29) is 17.4 Å². The van der Waals surface area contributed by atoms with Crippen molar-refractivity contribution in [1.82, 2.24) is 19.9 Å². The lowest BCUT2D eigenvalue weighted by Crippen LogP contribution is -2.46. The second-order valence-corrected chi connectivity index (χ2v) is 6.02. The predicted octanol–water partition coefficient (Wildman–Crippen LogP) is 2.26. The van der Waals surface area contributed by atoms with Crippen LogP contribution in [0, 0.1) is 11.4 Å². The molecule has 2 aromatic heterocycles. The Morgan fingerprint density at radius 3 is 2.71 bits per heavy atom. The number of amides is 1. The predicted molar refractivity (Wildman–Crippen MR) is 77.1 cm³/mol. The summed E-state index contributed by atoms with van der Waals surface area (Å²) in [6, 6.07) is 2.51. The Hall–Kier alpha value is -2.24. The standard InChI is InChI=1S/C15H19FN4O/c1-15(2,3)12(9-20-7-6-17-10-20)19-14(21)11-4-5-13(16)18-8-11/h4-8,10,12H,9H2,1-3H3,(H,19,21). The summed E-state index contributed by atoms with van der Waals surface area (Å²) < 4.78 is 14.7. The Balaban J connectivity index is 2.11. The SMILES string of the molecule is CC(C)(C)C(Cn1ccnc1)NC(=O)c1ccc(F)nc1. The van der Waals surface area contributed by atoms with E-state index in [0.717, 1.165) is 0 Å². The third-order valence-corrected chi connectivity index (χ3v) is 3.29. The van der Waals surface area contributed by atoms with E-state index in [9.17, 15) is 9.18 Å². The van der Waals surface area contributed by atoms with E-state index in [2.05, 4.69) is 36.1 Å². The van der Waals surface area contributed by atoms with Crippen molar-refractivity contribution in [2.75, 3.05) is 0 Å². The monoisotopic (exact) mass is 290 g/mol. The Labute approximate surface area is 123 Å². The van der Waals surface area contributed by atoms with Crippen molar-refractivity contribution >= 4 is 5.91 Å². The van der Waals surface area contributed by atoms with Gasteiger partial charge in [-0.05, 0) is 17.5 Å². The molecule has 1 atom stereocenters. The van der Waals surface area contributed by atoms with Gasteiger partial charge in [0.2, 0.25) is 5.95 Å². The summed E-state index contributed by atoms with van der Waals surface area (Å²) in [4.78, 5) is 19.7. The molecule has 6 heteroatoms. The normalized spacial score (nSPS) is 13.0. The van der Waals surface area contributed by atoms with Crippen LogP contribution in [0.25, 0.3) is 0 Å². The van der Waals surface area contributed by atoms with Gasteiger partial charge >= 0.3 is 0 Å². The summed E-state index contributed by atoms with van der Waals surface area (Å²) in [6.07, 6.45) is 6.50. The number of imidazole rings is 1. The first kappa shape index (κ1) is 15.2. The Kier molecular flexibility index (Phi) is 4.35. The number of carbonyl (C=O) groups excluding carboxylic acids is 1. The van der Waals surface area contributed by atoms with Crippen molar-refractivity contribution in [2.24, 2.45) is 5.41 Å². The summed E-state index contributed by atoms with van der Waals surface area (Å²) in [5, 5.41) is 2.98. The second-order valence-electron chi connectivity index (χ2n) is 6.02. The van der Waals surface area contributed by atoms with Gasteiger partial charge < -0.3 is 9.88 Å². The van der Waals surface area contributed by atoms with Crippen LogP contribution in [0.15, 0.2) is 37.1 Å². The Morgan fingerprint density at radius 2 is 2.19 bits per heavy atom. The van der Waals surface area contributed by atoms with Gasteiger partial charge in [-0.2, -0.15) is 4.39 Å². The number of pyridine rings is 1. The molecule has 0 spiro atoms. The number of carbonyl (C=O) groups is 1. The molecule has 5 nitrogen and oxygen atoms in total. The summed E-state index contributed by atoms with van der Waals surface area (Å²) >= 11 is 0. The van der Waals surface area contributed by atoms with Gasteiger partial charge in [0.15, 0.2) is 0 Å². The molecule has 2 aromatic rings. The second kappa shape index (κ2) is 6.03. The highest BCUT2D eigenvalue weighted by molar-refractivity contribution is 5.94. The van der Waals surface area contributed by atoms with Gasteiger partial charge in [-0.25, -0.2) is 9.97 Å². The molecule has 1 unspecified atom stereocenters. The number of aromatic nitrogens is 3. The molecule has 0 radical (unpaired) electrons. The van der Waals surface area contributed by atoms with Gasteiger partial charge in [-0.1, -0.05) is 20.8 Å². The van der Waals surface area contributed by atoms with E-state index in [1.54, 1.807) is 12.5 Å². The first-order valence-electron chi connectivity index (χ1n) is 6.74. The van der Waals surface area contributed by atoms with Crippen LogP contribution in [-0.4, -0.2) is 26.5 Å². The molecular weight excluding hydrogens is 271 g/mol. The summed E-state index contributed by atoms with van der Waals surface area (Å²) in [5.74, 6) is -0.861. The van der Waals surface area contributed by atoms with Crippen molar-refractivity contribution in [3.05, 3.63) is 48.6 Å². The summed E-state index contributed by atoms with van der Waals surface area (Å²) in [6.45, 7) is 6.78. The maximum Gasteiger partial charge on any atom is 0.253 e. The topological polar surface area (TPSA) is 59.8 Å². The number of rotatable bonds is 4. The average molecular weight is 290 g/mol. The molecule has 2 rings (SSSR count). The zero-order valence-corrected chi connectivity index (χ0v) is 12.4. The zero-order chi connectivity index (χ0) is 15.5. The van der Waals surface area contributed by atoms with Crippen LogP contribution < -0.4 is 5.32 Å². The molecule has 2 heterocycles. The van der Waals surface area contributed by atoms with E-state index in [1.165, 1.54) is 18.3 Å². The largest absolute Gasteiger partial charge is 0.347 e. The minimum atomic E-state index is -0.600. The number of hydrogen-bond donors (Lipinski definition) is 1. The molecule has 0 saturated carbocycles. The van der Waals surface area contributed by atoms with Gasteiger partial charge in [0.05, 0.1) is 17.9 Å². The lowest BCUT2D eigenvalue weighted by molar-refractivity contribution is 0.0892. The minimum Gasteiger partial charge on any atom is -0.347 e. The highest BCUT2D eigenvalue weighted by atomic mass is 19.1. The minimum absolute atomic E-state index is 0.0933. The number of nitrogens with one attached hydrogen (secondary N) is 1. The average Bonchev–Trinajstić information content (AvgIpc) is 2.90. The highest BCUT2D eigenvalue weighted by Crippen LogP contribution is 2.21. The van der Waals surface area contributed by atoms with Crippen molar-refractivity contribution in [3.63, 3.8) is 0 Å². The van der Waals surface area contributed by atoms with Crippen LogP contribution >= 0.6 is 0 Å². The molecule has 0 aliphatic rings. The molecule has 1 amide bonds. The van der Waals surface area contributed by atoms with Crippen molar-refractivity contribution in [3.8, 4) is 0 Å². The quantitative estimate of drug-likeness (QED) is 0.879. The third-order valence-electron chi connectivity index (χ3n) is 3.29. The molecule has 1 N–H and O–H groups in total. The van der Waals surface area contributed by atoms with Crippen molar-refractivity contribution in [1.29, 1.82) is 0 Å².